The fraction of sp³-hybridized carbons (Fsp3) is 0.217. The van der Waals surface area contributed by atoms with E-state index in [1.807, 2.05) is 13.0 Å². The Morgan fingerprint density at radius 1 is 1.03 bits per heavy atom. The number of aryl methyl sites for hydroxylation is 1. The van der Waals surface area contributed by atoms with Gasteiger partial charge in [-0.15, -0.1) is 8.78 Å². The second kappa shape index (κ2) is 6.66. The monoisotopic (exact) mass is 424 g/mol. The Morgan fingerprint density at radius 2 is 1.74 bits per heavy atom. The minimum absolute atomic E-state index is 0.0521. The number of carbonyl (C=O) groups is 1. The Kier molecular flexibility index (Phi) is 4.15. The van der Waals surface area contributed by atoms with Crippen LogP contribution in [-0.2, 0) is 10.2 Å². The number of hydrogen-bond acceptors (Lipinski definition) is 5. The summed E-state index contributed by atoms with van der Waals surface area (Å²) in [6.07, 6.45) is -2.52. The van der Waals surface area contributed by atoms with Gasteiger partial charge in [0.05, 0.1) is 11.1 Å². The summed E-state index contributed by atoms with van der Waals surface area (Å²) in [4.78, 5) is 17.7. The van der Waals surface area contributed by atoms with Gasteiger partial charge in [-0.2, -0.15) is 0 Å². The highest BCUT2D eigenvalue weighted by Crippen LogP contribution is 2.52. The first-order valence-electron chi connectivity index (χ1n) is 9.75. The first-order valence-corrected chi connectivity index (χ1v) is 9.75. The summed E-state index contributed by atoms with van der Waals surface area (Å²) in [7, 11) is 0. The van der Waals surface area contributed by atoms with E-state index in [0.717, 1.165) is 11.1 Å². The maximum absolute atomic E-state index is 13.3. The number of pyridine rings is 1. The number of anilines is 1. The standard InChI is InChI=1S/C23H18F2N2O4/c1-13-2-9-19(26-20(13)14-3-6-16(28)7-4-14)27-21(29)22(10-11-22)15-5-8-17-18(12-15)31-23(24,25)30-17/h2-9,12,28H,10-11H2,1H3,(H,26,27,29). The average molecular weight is 424 g/mol. The van der Waals surface area contributed by atoms with Crippen molar-refractivity contribution < 1.29 is 28.2 Å². The SMILES string of the molecule is Cc1ccc(NC(=O)C2(c3ccc4c(c3)OC(F)(F)O4)CC2)nc1-c1ccc(O)cc1. The lowest BCUT2D eigenvalue weighted by Gasteiger charge is -2.17. The predicted molar refractivity (Wildman–Crippen MR) is 108 cm³/mol. The second-order valence-corrected chi connectivity index (χ2v) is 7.77. The molecule has 158 valence electrons. The normalized spacial score (nSPS) is 17.3. The Labute approximate surface area is 176 Å². The number of alkyl halides is 2. The third kappa shape index (κ3) is 3.43. The molecule has 8 heteroatoms. The molecule has 1 aliphatic heterocycles. The van der Waals surface area contributed by atoms with E-state index in [1.165, 1.54) is 12.1 Å². The van der Waals surface area contributed by atoms with Gasteiger partial charge in [-0.05, 0) is 73.4 Å². The van der Waals surface area contributed by atoms with Gasteiger partial charge in [-0.25, -0.2) is 4.98 Å². The van der Waals surface area contributed by atoms with Gasteiger partial charge in [-0.3, -0.25) is 4.79 Å². The zero-order chi connectivity index (χ0) is 21.8. The smallest absolute Gasteiger partial charge is 0.508 e. The number of nitrogens with zero attached hydrogens (tertiary/aromatic N) is 1. The Bertz CT molecular complexity index is 1190. The molecule has 6 nitrogen and oxygen atoms in total. The van der Waals surface area contributed by atoms with E-state index in [-0.39, 0.29) is 23.2 Å². The van der Waals surface area contributed by atoms with E-state index in [0.29, 0.717) is 29.9 Å². The molecule has 1 fully saturated rings. The van der Waals surface area contributed by atoms with Crippen LogP contribution < -0.4 is 14.8 Å². The van der Waals surface area contributed by atoms with Gasteiger partial charge in [0.2, 0.25) is 5.91 Å². The van der Waals surface area contributed by atoms with Crippen LogP contribution in [-0.4, -0.2) is 22.3 Å². The average Bonchev–Trinajstić information content (AvgIpc) is 3.47. The van der Waals surface area contributed by atoms with Gasteiger partial charge >= 0.3 is 6.29 Å². The molecule has 0 spiro atoms. The van der Waals surface area contributed by atoms with E-state index >= 15 is 0 Å². The van der Waals surface area contributed by atoms with Crippen molar-refractivity contribution in [2.75, 3.05) is 5.32 Å². The zero-order valence-corrected chi connectivity index (χ0v) is 16.5. The molecular weight excluding hydrogens is 406 g/mol. The summed E-state index contributed by atoms with van der Waals surface area (Å²) >= 11 is 0. The Balaban J connectivity index is 1.40. The minimum Gasteiger partial charge on any atom is -0.508 e. The number of ether oxygens (including phenoxy) is 2. The predicted octanol–water partition coefficient (Wildman–Crippen LogP) is 4.75. The summed E-state index contributed by atoms with van der Waals surface area (Å²) in [6.45, 7) is 1.91. The van der Waals surface area contributed by atoms with Crippen LogP contribution in [0, 0.1) is 6.92 Å². The highest BCUT2D eigenvalue weighted by molar-refractivity contribution is 6.01. The molecule has 0 radical (unpaired) electrons. The van der Waals surface area contributed by atoms with Gasteiger partial charge in [0.25, 0.3) is 0 Å². The van der Waals surface area contributed by atoms with Crippen molar-refractivity contribution in [3.05, 3.63) is 65.7 Å². The summed E-state index contributed by atoms with van der Waals surface area (Å²) in [5.41, 5.74) is 2.19. The summed E-state index contributed by atoms with van der Waals surface area (Å²) < 4.78 is 35.6. The highest BCUT2D eigenvalue weighted by atomic mass is 19.3. The number of nitrogens with one attached hydrogen (secondary N) is 1. The largest absolute Gasteiger partial charge is 0.586 e. The molecule has 0 atom stereocenters. The summed E-state index contributed by atoms with van der Waals surface area (Å²) in [5, 5.41) is 12.4. The number of phenols is 1. The van der Waals surface area contributed by atoms with Gasteiger partial charge in [0.15, 0.2) is 11.5 Å². The molecule has 1 aromatic heterocycles. The topological polar surface area (TPSA) is 80.7 Å². The van der Waals surface area contributed by atoms with Crippen LogP contribution in [0.3, 0.4) is 0 Å². The molecule has 1 aliphatic carbocycles. The molecule has 5 rings (SSSR count). The molecule has 31 heavy (non-hydrogen) atoms. The third-order valence-corrected chi connectivity index (χ3v) is 5.62. The van der Waals surface area contributed by atoms with E-state index in [2.05, 4.69) is 19.8 Å². The molecule has 2 heterocycles. The lowest BCUT2D eigenvalue weighted by Crippen LogP contribution is -2.28. The van der Waals surface area contributed by atoms with E-state index in [1.54, 1.807) is 36.4 Å². The zero-order valence-electron chi connectivity index (χ0n) is 16.5. The van der Waals surface area contributed by atoms with E-state index < -0.39 is 11.7 Å². The van der Waals surface area contributed by atoms with Crippen molar-refractivity contribution >= 4 is 11.7 Å². The molecule has 3 aromatic rings. The first-order chi connectivity index (χ1) is 14.8. The number of benzene rings is 2. The van der Waals surface area contributed by atoms with Crippen LogP contribution in [0.4, 0.5) is 14.6 Å². The molecule has 0 unspecified atom stereocenters. The lowest BCUT2D eigenvalue weighted by atomic mass is 9.94. The number of hydrogen-bond donors (Lipinski definition) is 2. The molecule has 2 aliphatic rings. The minimum atomic E-state index is -3.70. The van der Waals surface area contributed by atoms with E-state index in [4.69, 9.17) is 0 Å². The maximum atomic E-state index is 13.3. The number of aromatic hydroxyl groups is 1. The van der Waals surface area contributed by atoms with Crippen LogP contribution in [0.25, 0.3) is 11.3 Å². The van der Waals surface area contributed by atoms with Crippen molar-refractivity contribution in [2.45, 2.75) is 31.5 Å². The first kappa shape index (κ1) is 19.3. The number of phenolic OH excluding ortho intramolecular Hbond substituents is 1. The molecule has 1 amide bonds. The third-order valence-electron chi connectivity index (χ3n) is 5.62. The van der Waals surface area contributed by atoms with E-state index in [9.17, 15) is 18.7 Å². The number of fused-ring (bicyclic) bond motifs is 1. The van der Waals surface area contributed by atoms with Crippen LogP contribution in [0.1, 0.15) is 24.0 Å². The molecule has 0 bridgehead atoms. The number of halogens is 2. The van der Waals surface area contributed by atoms with Crippen molar-refractivity contribution in [2.24, 2.45) is 0 Å². The number of amides is 1. The highest BCUT2D eigenvalue weighted by Gasteiger charge is 2.53. The lowest BCUT2D eigenvalue weighted by molar-refractivity contribution is -0.286. The van der Waals surface area contributed by atoms with Gasteiger partial charge < -0.3 is 19.9 Å². The Morgan fingerprint density at radius 3 is 2.45 bits per heavy atom. The van der Waals surface area contributed by atoms with Crippen LogP contribution in [0.15, 0.2) is 54.6 Å². The maximum Gasteiger partial charge on any atom is 0.586 e. The fourth-order valence-corrected chi connectivity index (χ4v) is 3.76. The summed E-state index contributed by atoms with van der Waals surface area (Å²) in [5.74, 6) is 0.153. The fourth-order valence-electron chi connectivity index (χ4n) is 3.76. The molecule has 2 aromatic carbocycles. The van der Waals surface area contributed by atoms with Gasteiger partial charge in [-0.1, -0.05) is 12.1 Å². The van der Waals surface area contributed by atoms with Gasteiger partial charge in [0, 0.05) is 5.56 Å². The number of aromatic nitrogens is 1. The van der Waals surface area contributed by atoms with Crippen molar-refractivity contribution in [3.63, 3.8) is 0 Å². The Hall–Kier alpha value is -3.68. The van der Waals surface area contributed by atoms with Crippen molar-refractivity contribution in [3.8, 4) is 28.5 Å². The van der Waals surface area contributed by atoms with Crippen molar-refractivity contribution in [1.82, 2.24) is 4.98 Å². The van der Waals surface area contributed by atoms with Crippen LogP contribution in [0.2, 0.25) is 0 Å². The second-order valence-electron chi connectivity index (χ2n) is 7.77. The molecular formula is C23H18F2N2O4. The number of carbonyl (C=O) groups excluding carboxylic acids is 1. The number of rotatable bonds is 4. The summed E-state index contributed by atoms with van der Waals surface area (Å²) in [6, 6.07) is 14.7. The van der Waals surface area contributed by atoms with Crippen LogP contribution >= 0.6 is 0 Å². The molecule has 2 N–H and O–H groups in total. The van der Waals surface area contributed by atoms with Crippen LogP contribution in [0.5, 0.6) is 17.2 Å². The van der Waals surface area contributed by atoms with Gasteiger partial charge in [0.1, 0.15) is 11.6 Å². The quantitative estimate of drug-likeness (QED) is 0.632. The molecule has 1 saturated carbocycles. The molecule has 0 saturated heterocycles. The van der Waals surface area contributed by atoms with Crippen molar-refractivity contribution in [1.29, 1.82) is 0 Å².